The highest BCUT2D eigenvalue weighted by atomic mass is 32.1. The first-order valence-electron chi connectivity index (χ1n) is 7.98. The van der Waals surface area contributed by atoms with Crippen LogP contribution >= 0.6 is 11.3 Å². The van der Waals surface area contributed by atoms with E-state index in [0.29, 0.717) is 26.7 Å². The van der Waals surface area contributed by atoms with Crippen LogP contribution in [-0.2, 0) is 6.18 Å². The fourth-order valence-corrected chi connectivity index (χ4v) is 3.26. The minimum absolute atomic E-state index is 0.297. The molecule has 0 unspecified atom stereocenters. The summed E-state index contributed by atoms with van der Waals surface area (Å²) in [6, 6.07) is 10.1. The van der Waals surface area contributed by atoms with Crippen molar-refractivity contribution in [2.75, 3.05) is 0 Å². The molecule has 144 valence electrons. The van der Waals surface area contributed by atoms with E-state index in [0.717, 1.165) is 23.5 Å². The first kappa shape index (κ1) is 19.7. The highest BCUT2D eigenvalue weighted by molar-refractivity contribution is 7.17. The van der Waals surface area contributed by atoms with Crippen LogP contribution in [0.1, 0.15) is 26.5 Å². The van der Waals surface area contributed by atoms with Gasteiger partial charge in [0.2, 0.25) is 0 Å². The van der Waals surface area contributed by atoms with Crippen LogP contribution < -0.4 is 5.43 Å². The number of halogens is 4. The van der Waals surface area contributed by atoms with Crippen LogP contribution in [0.25, 0.3) is 10.6 Å². The van der Waals surface area contributed by atoms with E-state index in [2.05, 4.69) is 15.5 Å². The first-order valence-corrected chi connectivity index (χ1v) is 8.80. The number of aryl methyl sites for hydroxylation is 1. The van der Waals surface area contributed by atoms with Gasteiger partial charge in [-0.3, -0.25) is 4.79 Å². The third-order valence-corrected chi connectivity index (χ3v) is 4.92. The second kappa shape index (κ2) is 7.89. The number of nitrogens with one attached hydrogen (secondary N) is 1. The van der Waals surface area contributed by atoms with Crippen molar-refractivity contribution in [2.45, 2.75) is 13.1 Å². The predicted molar refractivity (Wildman–Crippen MR) is 98.7 cm³/mol. The van der Waals surface area contributed by atoms with Gasteiger partial charge in [-0.05, 0) is 36.8 Å². The summed E-state index contributed by atoms with van der Waals surface area (Å²) >= 11 is 1.05. The number of hydrogen-bond donors (Lipinski definition) is 1. The Labute approximate surface area is 161 Å². The molecule has 1 amide bonds. The molecular weight excluding hydrogens is 394 g/mol. The molecule has 0 radical (unpaired) electrons. The van der Waals surface area contributed by atoms with Crippen molar-refractivity contribution in [3.8, 4) is 10.6 Å². The lowest BCUT2D eigenvalue weighted by molar-refractivity contribution is -0.137. The van der Waals surface area contributed by atoms with Crippen molar-refractivity contribution < 1.29 is 22.4 Å². The van der Waals surface area contributed by atoms with E-state index in [-0.39, 0.29) is 5.82 Å². The maximum absolute atomic E-state index is 12.8. The molecule has 0 saturated carbocycles. The Morgan fingerprint density at radius 1 is 1.11 bits per heavy atom. The van der Waals surface area contributed by atoms with Crippen molar-refractivity contribution >= 4 is 23.5 Å². The molecule has 0 aliphatic rings. The molecule has 1 aromatic heterocycles. The minimum atomic E-state index is -4.41. The average Bonchev–Trinajstić information content (AvgIpc) is 3.04. The fourth-order valence-electron chi connectivity index (χ4n) is 2.30. The first-order chi connectivity index (χ1) is 13.2. The molecule has 2 aromatic carbocycles. The number of hydrogen-bond acceptors (Lipinski definition) is 4. The van der Waals surface area contributed by atoms with Crippen LogP contribution in [0.5, 0.6) is 0 Å². The number of alkyl halides is 3. The highest BCUT2D eigenvalue weighted by Crippen LogP contribution is 2.32. The van der Waals surface area contributed by atoms with Gasteiger partial charge in [-0.2, -0.15) is 18.3 Å². The topological polar surface area (TPSA) is 54.4 Å². The van der Waals surface area contributed by atoms with Crippen molar-refractivity contribution in [3.63, 3.8) is 0 Å². The molecule has 3 rings (SSSR count). The number of nitrogens with zero attached hydrogens (tertiary/aromatic N) is 2. The van der Waals surface area contributed by atoms with Gasteiger partial charge >= 0.3 is 6.18 Å². The van der Waals surface area contributed by atoms with Gasteiger partial charge < -0.3 is 0 Å². The van der Waals surface area contributed by atoms with Crippen molar-refractivity contribution in [1.82, 2.24) is 10.4 Å². The third kappa shape index (κ3) is 4.61. The molecule has 4 nitrogen and oxygen atoms in total. The number of hydrazone groups is 1. The lowest BCUT2D eigenvalue weighted by atomic mass is 10.1. The van der Waals surface area contributed by atoms with E-state index >= 15 is 0 Å². The van der Waals surface area contributed by atoms with Gasteiger partial charge in [-0.15, -0.1) is 11.3 Å². The van der Waals surface area contributed by atoms with Gasteiger partial charge in [0, 0.05) is 5.56 Å². The van der Waals surface area contributed by atoms with E-state index in [9.17, 15) is 22.4 Å². The molecule has 0 fully saturated rings. The summed E-state index contributed by atoms with van der Waals surface area (Å²) in [4.78, 5) is 16.8. The van der Waals surface area contributed by atoms with Crippen molar-refractivity contribution in [3.05, 3.63) is 76.0 Å². The van der Waals surface area contributed by atoms with Crippen LogP contribution in [0.15, 0.2) is 53.6 Å². The van der Waals surface area contributed by atoms with E-state index < -0.39 is 17.6 Å². The zero-order valence-electron chi connectivity index (χ0n) is 14.4. The Morgan fingerprint density at radius 3 is 2.36 bits per heavy atom. The summed E-state index contributed by atoms with van der Waals surface area (Å²) in [5.41, 5.74) is 3.13. The monoisotopic (exact) mass is 407 g/mol. The van der Waals surface area contributed by atoms with E-state index in [4.69, 9.17) is 0 Å². The van der Waals surface area contributed by atoms with E-state index in [1.54, 1.807) is 6.92 Å². The number of carbonyl (C=O) groups is 1. The summed E-state index contributed by atoms with van der Waals surface area (Å²) in [6.45, 7) is 1.63. The van der Waals surface area contributed by atoms with Crippen molar-refractivity contribution in [1.29, 1.82) is 0 Å². The summed E-state index contributed by atoms with van der Waals surface area (Å²) in [6.07, 6.45) is -3.05. The van der Waals surface area contributed by atoms with Gasteiger partial charge in [0.1, 0.15) is 15.7 Å². The molecule has 0 spiro atoms. The second-order valence-corrected chi connectivity index (χ2v) is 6.76. The van der Waals surface area contributed by atoms with Gasteiger partial charge in [0.05, 0.1) is 17.5 Å². The maximum atomic E-state index is 12.8. The number of thiazole rings is 1. The summed E-state index contributed by atoms with van der Waals surface area (Å²) in [5, 5.41) is 4.25. The van der Waals surface area contributed by atoms with Gasteiger partial charge in [0.15, 0.2) is 0 Å². The Morgan fingerprint density at radius 2 is 1.75 bits per heavy atom. The minimum Gasteiger partial charge on any atom is -0.266 e. The number of rotatable bonds is 4. The molecule has 1 N–H and O–H groups in total. The smallest absolute Gasteiger partial charge is 0.266 e. The summed E-state index contributed by atoms with van der Waals surface area (Å²) < 4.78 is 50.8. The predicted octanol–water partition coefficient (Wildman–Crippen LogP) is 5.04. The zero-order chi connectivity index (χ0) is 20.3. The zero-order valence-corrected chi connectivity index (χ0v) is 15.2. The normalized spacial score (nSPS) is 11.8. The van der Waals surface area contributed by atoms with Gasteiger partial charge in [0.25, 0.3) is 5.91 Å². The fraction of sp³-hybridized carbons (Fsp3) is 0.105. The third-order valence-electron chi connectivity index (χ3n) is 3.71. The lowest BCUT2D eigenvalue weighted by Gasteiger charge is -2.06. The van der Waals surface area contributed by atoms with Crippen LogP contribution in [0.2, 0.25) is 0 Å². The lowest BCUT2D eigenvalue weighted by Crippen LogP contribution is -2.17. The molecule has 28 heavy (non-hydrogen) atoms. The van der Waals surface area contributed by atoms with Gasteiger partial charge in [-0.25, -0.2) is 14.8 Å². The Hall–Kier alpha value is -3.07. The molecule has 9 heteroatoms. The number of benzene rings is 2. The van der Waals surface area contributed by atoms with Gasteiger partial charge in [-0.1, -0.05) is 24.3 Å². The molecule has 1 heterocycles. The summed E-state index contributed by atoms with van der Waals surface area (Å²) in [5.74, 6) is -0.871. The maximum Gasteiger partial charge on any atom is 0.416 e. The largest absolute Gasteiger partial charge is 0.416 e. The van der Waals surface area contributed by atoms with Crippen molar-refractivity contribution in [2.24, 2.45) is 5.10 Å². The quantitative estimate of drug-likeness (QED) is 0.374. The van der Waals surface area contributed by atoms with Crippen LogP contribution in [0.4, 0.5) is 17.6 Å². The number of amides is 1. The Bertz CT molecular complexity index is 1010. The molecule has 3 aromatic rings. The van der Waals surface area contributed by atoms with Crippen LogP contribution in [0.3, 0.4) is 0 Å². The summed E-state index contributed by atoms with van der Waals surface area (Å²) in [7, 11) is 0. The van der Waals surface area contributed by atoms with Crippen LogP contribution in [0, 0.1) is 12.7 Å². The SMILES string of the molecule is Cc1nc(-c2ccc(C(F)(F)F)cc2)sc1C(=O)N/N=C/c1ccc(F)cc1. The highest BCUT2D eigenvalue weighted by Gasteiger charge is 2.30. The molecule has 0 aliphatic carbocycles. The van der Waals surface area contributed by atoms with E-state index in [1.165, 1.54) is 42.6 Å². The Balaban J connectivity index is 1.72. The second-order valence-electron chi connectivity index (χ2n) is 5.76. The molecule has 0 atom stereocenters. The number of carbonyl (C=O) groups excluding carboxylic acids is 1. The van der Waals surface area contributed by atoms with E-state index in [1.807, 2.05) is 0 Å². The standard InChI is InChI=1S/C19H13F4N3OS/c1-11-16(17(27)26-24-10-12-2-8-15(20)9-3-12)28-18(25-11)13-4-6-14(7-5-13)19(21,22)23/h2-10H,1H3,(H,26,27)/b24-10+. The molecule has 0 aliphatic heterocycles. The molecule has 0 bridgehead atoms. The van der Waals surface area contributed by atoms with Crippen LogP contribution in [-0.4, -0.2) is 17.1 Å². The molecule has 0 saturated heterocycles. The Kier molecular flexibility index (Phi) is 5.55. The molecular formula is C19H13F4N3OS. The average molecular weight is 407 g/mol. The number of aromatic nitrogens is 1.